The van der Waals surface area contributed by atoms with Crippen LogP contribution < -0.4 is 15.5 Å². The summed E-state index contributed by atoms with van der Waals surface area (Å²) in [7, 11) is 1.94. The fourth-order valence-corrected chi connectivity index (χ4v) is 4.99. The van der Waals surface area contributed by atoms with Crippen LogP contribution in [-0.2, 0) is 7.05 Å². The van der Waals surface area contributed by atoms with Crippen molar-refractivity contribution in [3.05, 3.63) is 72.8 Å². The van der Waals surface area contributed by atoms with Gasteiger partial charge in [0, 0.05) is 73.0 Å². The average molecular weight is 438 g/mol. The van der Waals surface area contributed by atoms with E-state index in [0.29, 0.717) is 12.1 Å². The number of rotatable bonds is 5. The Labute approximate surface area is 193 Å². The van der Waals surface area contributed by atoms with Crippen molar-refractivity contribution in [2.75, 3.05) is 23.3 Å². The molecule has 3 aromatic heterocycles. The molecule has 2 N–H and O–H groups in total. The van der Waals surface area contributed by atoms with Gasteiger partial charge in [0.15, 0.2) is 0 Å². The highest BCUT2D eigenvalue weighted by Crippen LogP contribution is 2.30. The number of pyridine rings is 2. The van der Waals surface area contributed by atoms with Gasteiger partial charge in [0.25, 0.3) is 0 Å². The van der Waals surface area contributed by atoms with Crippen LogP contribution in [0.3, 0.4) is 0 Å². The molecular formula is C26H27N7. The SMILES string of the molecule is C/C=C(/Nc1cc2cc(-c3cnn(C)c3)ccc2cn1)c1ccnc(N2CC3CC2CN3)c1. The first-order valence-corrected chi connectivity index (χ1v) is 11.4. The molecule has 6 rings (SSSR count). The second-order valence-electron chi connectivity index (χ2n) is 8.91. The summed E-state index contributed by atoms with van der Waals surface area (Å²) in [5.74, 6) is 1.87. The summed E-state index contributed by atoms with van der Waals surface area (Å²) in [6.07, 6.45) is 11.1. The summed E-state index contributed by atoms with van der Waals surface area (Å²) in [5, 5.41) is 13.6. The maximum absolute atomic E-state index is 4.67. The number of fused-ring (bicyclic) bond motifs is 3. The van der Waals surface area contributed by atoms with Gasteiger partial charge in [-0.05, 0) is 48.6 Å². The normalized spacial score (nSPS) is 20.1. The van der Waals surface area contributed by atoms with Crippen LogP contribution in [0.2, 0.25) is 0 Å². The molecule has 33 heavy (non-hydrogen) atoms. The molecule has 2 atom stereocenters. The van der Waals surface area contributed by atoms with Gasteiger partial charge in [0.1, 0.15) is 11.6 Å². The molecule has 4 aromatic rings. The summed E-state index contributed by atoms with van der Waals surface area (Å²) in [5.41, 5.74) is 4.39. The van der Waals surface area contributed by atoms with Gasteiger partial charge in [0.05, 0.1) is 6.20 Å². The number of anilines is 2. The van der Waals surface area contributed by atoms with Gasteiger partial charge in [-0.2, -0.15) is 5.10 Å². The lowest BCUT2D eigenvalue weighted by Crippen LogP contribution is -2.44. The zero-order valence-electron chi connectivity index (χ0n) is 18.9. The van der Waals surface area contributed by atoms with E-state index in [1.54, 1.807) is 0 Å². The first-order chi connectivity index (χ1) is 16.2. The van der Waals surface area contributed by atoms with Crippen LogP contribution in [0.15, 0.2) is 67.3 Å². The van der Waals surface area contributed by atoms with Gasteiger partial charge in [-0.15, -0.1) is 0 Å². The third kappa shape index (κ3) is 3.74. The molecule has 166 valence electrons. The Morgan fingerprint density at radius 1 is 1.09 bits per heavy atom. The van der Waals surface area contributed by atoms with E-state index in [0.717, 1.165) is 57.9 Å². The van der Waals surface area contributed by atoms with Crippen molar-refractivity contribution < 1.29 is 0 Å². The van der Waals surface area contributed by atoms with E-state index in [4.69, 9.17) is 0 Å². The maximum atomic E-state index is 4.67. The summed E-state index contributed by atoms with van der Waals surface area (Å²) < 4.78 is 1.82. The predicted octanol–water partition coefficient (Wildman–Crippen LogP) is 4.05. The molecule has 7 heteroatoms. The minimum Gasteiger partial charge on any atom is -0.351 e. The first kappa shape index (κ1) is 19.9. The number of nitrogens with one attached hydrogen (secondary N) is 2. The van der Waals surface area contributed by atoms with Crippen LogP contribution in [0.25, 0.3) is 27.6 Å². The van der Waals surface area contributed by atoms with Crippen molar-refractivity contribution in [1.29, 1.82) is 0 Å². The van der Waals surface area contributed by atoms with Crippen LogP contribution >= 0.6 is 0 Å². The topological polar surface area (TPSA) is 70.9 Å². The molecule has 2 aliphatic rings. The Morgan fingerprint density at radius 3 is 2.79 bits per heavy atom. The third-order valence-electron chi connectivity index (χ3n) is 6.72. The highest BCUT2D eigenvalue weighted by atomic mass is 15.3. The van der Waals surface area contributed by atoms with Crippen LogP contribution in [0.1, 0.15) is 18.9 Å². The van der Waals surface area contributed by atoms with Crippen molar-refractivity contribution in [2.45, 2.75) is 25.4 Å². The van der Waals surface area contributed by atoms with Crippen molar-refractivity contribution in [3.63, 3.8) is 0 Å². The highest BCUT2D eigenvalue weighted by molar-refractivity contribution is 5.89. The van der Waals surface area contributed by atoms with Crippen LogP contribution in [0, 0.1) is 0 Å². The smallest absolute Gasteiger partial charge is 0.130 e. The lowest BCUT2D eigenvalue weighted by molar-refractivity contribution is 0.576. The molecule has 0 spiro atoms. The number of hydrogen-bond acceptors (Lipinski definition) is 6. The fraction of sp³-hybridized carbons (Fsp3) is 0.269. The Balaban J connectivity index is 1.27. The zero-order valence-corrected chi connectivity index (χ0v) is 18.9. The number of benzene rings is 1. The van der Waals surface area contributed by atoms with Crippen molar-refractivity contribution in [2.24, 2.45) is 7.05 Å². The van der Waals surface area contributed by atoms with E-state index in [9.17, 15) is 0 Å². The van der Waals surface area contributed by atoms with Crippen LogP contribution in [0.5, 0.6) is 0 Å². The van der Waals surface area contributed by atoms with Crippen molar-refractivity contribution in [3.8, 4) is 11.1 Å². The Morgan fingerprint density at radius 2 is 2.03 bits per heavy atom. The van der Waals surface area contributed by atoms with Gasteiger partial charge in [-0.25, -0.2) is 9.97 Å². The molecule has 2 saturated heterocycles. The van der Waals surface area contributed by atoms with Gasteiger partial charge >= 0.3 is 0 Å². The maximum Gasteiger partial charge on any atom is 0.130 e. The molecule has 0 aliphatic carbocycles. The van der Waals surface area contributed by atoms with E-state index < -0.39 is 0 Å². The second kappa shape index (κ2) is 8.01. The Hall–Kier alpha value is -3.71. The van der Waals surface area contributed by atoms with Gasteiger partial charge in [0.2, 0.25) is 0 Å². The summed E-state index contributed by atoms with van der Waals surface area (Å²) in [6.45, 7) is 4.13. The number of hydrogen-bond donors (Lipinski definition) is 2. The number of allylic oxidation sites excluding steroid dienone is 1. The van der Waals surface area contributed by atoms with Crippen LogP contribution in [-0.4, -0.2) is 44.9 Å². The number of nitrogens with zero attached hydrogens (tertiary/aromatic N) is 5. The largest absolute Gasteiger partial charge is 0.351 e. The quantitative estimate of drug-likeness (QED) is 0.491. The molecule has 0 saturated carbocycles. The predicted molar refractivity (Wildman–Crippen MR) is 133 cm³/mol. The zero-order chi connectivity index (χ0) is 22.4. The van der Waals surface area contributed by atoms with E-state index in [-0.39, 0.29) is 0 Å². The highest BCUT2D eigenvalue weighted by Gasteiger charge is 2.38. The Bertz CT molecular complexity index is 1360. The van der Waals surface area contributed by atoms with Crippen LogP contribution in [0.4, 0.5) is 11.6 Å². The van der Waals surface area contributed by atoms with Gasteiger partial charge in [-0.3, -0.25) is 4.68 Å². The standard InChI is InChI=1S/C26H27N7/c1-3-24(18-6-7-27-26(10-18)33-16-22-11-23(33)14-28-22)31-25-9-20-8-17(4-5-19(20)12-29-25)21-13-30-32(2)15-21/h3-10,12-13,15,22-23,28H,11,14,16H2,1-2H3,(H,29,31)/b24-3+. The molecule has 2 bridgehead atoms. The Kier molecular flexibility index (Phi) is 4.84. The minimum absolute atomic E-state index is 0.552. The summed E-state index contributed by atoms with van der Waals surface area (Å²) in [4.78, 5) is 11.8. The average Bonchev–Trinajstić information content (AvgIpc) is 3.60. The molecule has 2 unspecified atom stereocenters. The number of piperazine rings is 1. The van der Waals surface area contributed by atoms with Crippen molar-refractivity contribution >= 4 is 28.1 Å². The number of aryl methyl sites for hydroxylation is 1. The summed E-state index contributed by atoms with van der Waals surface area (Å²) >= 11 is 0. The lowest BCUT2D eigenvalue weighted by atomic mass is 10.0. The fourth-order valence-electron chi connectivity index (χ4n) is 4.99. The van der Waals surface area contributed by atoms with Gasteiger partial charge in [-0.1, -0.05) is 18.2 Å². The molecular weight excluding hydrogens is 410 g/mol. The first-order valence-electron chi connectivity index (χ1n) is 11.4. The molecule has 1 aromatic carbocycles. The van der Waals surface area contributed by atoms with E-state index >= 15 is 0 Å². The molecule has 5 heterocycles. The number of aromatic nitrogens is 4. The molecule has 0 radical (unpaired) electrons. The molecule has 0 amide bonds. The van der Waals surface area contributed by atoms with E-state index in [1.807, 2.05) is 43.4 Å². The third-order valence-corrected chi connectivity index (χ3v) is 6.72. The van der Waals surface area contributed by atoms with E-state index in [2.05, 4.69) is 73.1 Å². The van der Waals surface area contributed by atoms with E-state index in [1.165, 1.54) is 6.42 Å². The minimum atomic E-state index is 0.552. The molecule has 2 aliphatic heterocycles. The monoisotopic (exact) mass is 437 g/mol. The summed E-state index contributed by atoms with van der Waals surface area (Å²) in [6, 6.07) is 13.9. The van der Waals surface area contributed by atoms with Crippen molar-refractivity contribution in [1.82, 2.24) is 25.1 Å². The van der Waals surface area contributed by atoms with Gasteiger partial charge < -0.3 is 15.5 Å². The lowest BCUT2D eigenvalue weighted by Gasteiger charge is -2.28. The second-order valence-corrected chi connectivity index (χ2v) is 8.91. The molecule has 2 fully saturated rings. The molecule has 7 nitrogen and oxygen atoms in total.